The Kier molecular flexibility index (Phi) is 5.75. The van der Waals surface area contributed by atoms with E-state index in [0.29, 0.717) is 0 Å². The van der Waals surface area contributed by atoms with Crippen LogP contribution in [0.25, 0.3) is 0 Å². The summed E-state index contributed by atoms with van der Waals surface area (Å²) in [7, 11) is 2.27. The first-order valence-electron chi connectivity index (χ1n) is 7.34. The number of ether oxygens (including phenoxy) is 1. The molecule has 0 bridgehead atoms. The van der Waals surface area contributed by atoms with Gasteiger partial charge in [-0.3, -0.25) is 0 Å². The van der Waals surface area contributed by atoms with Gasteiger partial charge in [0.1, 0.15) is 0 Å². The Labute approximate surface area is 106 Å². The number of hydrogen-bond acceptors (Lipinski definition) is 3. The molecular weight excluding hydrogens is 212 g/mol. The van der Waals surface area contributed by atoms with Crippen molar-refractivity contribution in [2.24, 2.45) is 5.92 Å². The van der Waals surface area contributed by atoms with Crippen LogP contribution in [0.3, 0.4) is 0 Å². The standard InChI is InChI=1S/C14H28N2O/c1-16(10-5-14-3-2-8-15-14)9-4-13-6-11-17-12-7-13/h13-15H,2-12H2,1H3. The molecule has 1 atom stereocenters. The summed E-state index contributed by atoms with van der Waals surface area (Å²) in [6, 6.07) is 0.792. The highest BCUT2D eigenvalue weighted by atomic mass is 16.5. The van der Waals surface area contributed by atoms with Gasteiger partial charge in [0, 0.05) is 19.3 Å². The van der Waals surface area contributed by atoms with Gasteiger partial charge in [-0.05, 0) is 71.1 Å². The van der Waals surface area contributed by atoms with Crippen molar-refractivity contribution < 1.29 is 4.74 Å². The fourth-order valence-electron chi connectivity index (χ4n) is 2.93. The molecule has 3 nitrogen and oxygen atoms in total. The van der Waals surface area contributed by atoms with Crippen molar-refractivity contribution in [3.63, 3.8) is 0 Å². The quantitative estimate of drug-likeness (QED) is 0.767. The Balaban J connectivity index is 1.52. The predicted molar refractivity (Wildman–Crippen MR) is 71.3 cm³/mol. The molecular formula is C14H28N2O. The van der Waals surface area contributed by atoms with Crippen molar-refractivity contribution >= 4 is 0 Å². The first-order valence-corrected chi connectivity index (χ1v) is 7.34. The van der Waals surface area contributed by atoms with Crippen LogP contribution >= 0.6 is 0 Å². The molecule has 0 amide bonds. The van der Waals surface area contributed by atoms with E-state index in [-0.39, 0.29) is 0 Å². The summed E-state index contributed by atoms with van der Waals surface area (Å²) in [5.74, 6) is 0.913. The summed E-state index contributed by atoms with van der Waals surface area (Å²) < 4.78 is 5.40. The summed E-state index contributed by atoms with van der Waals surface area (Å²) in [5, 5.41) is 3.57. The molecule has 0 aromatic heterocycles. The van der Waals surface area contributed by atoms with E-state index < -0.39 is 0 Å². The lowest BCUT2D eigenvalue weighted by atomic mass is 9.96. The molecule has 0 aromatic rings. The van der Waals surface area contributed by atoms with E-state index in [2.05, 4.69) is 17.3 Å². The summed E-state index contributed by atoms with van der Waals surface area (Å²) in [4.78, 5) is 2.51. The van der Waals surface area contributed by atoms with Crippen LogP contribution < -0.4 is 5.32 Å². The highest BCUT2D eigenvalue weighted by Crippen LogP contribution is 2.18. The molecule has 100 valence electrons. The van der Waals surface area contributed by atoms with Gasteiger partial charge in [0.25, 0.3) is 0 Å². The van der Waals surface area contributed by atoms with E-state index in [4.69, 9.17) is 4.74 Å². The second-order valence-corrected chi connectivity index (χ2v) is 5.73. The van der Waals surface area contributed by atoms with Crippen molar-refractivity contribution in [1.29, 1.82) is 0 Å². The van der Waals surface area contributed by atoms with Gasteiger partial charge in [-0.2, -0.15) is 0 Å². The van der Waals surface area contributed by atoms with Crippen molar-refractivity contribution in [3.8, 4) is 0 Å². The Morgan fingerprint density at radius 2 is 1.88 bits per heavy atom. The molecule has 2 aliphatic heterocycles. The molecule has 3 heteroatoms. The monoisotopic (exact) mass is 240 g/mol. The van der Waals surface area contributed by atoms with E-state index >= 15 is 0 Å². The zero-order valence-corrected chi connectivity index (χ0v) is 11.3. The molecule has 0 spiro atoms. The minimum Gasteiger partial charge on any atom is -0.381 e. The van der Waals surface area contributed by atoms with Crippen LogP contribution in [-0.4, -0.2) is 50.8 Å². The normalized spacial score (nSPS) is 26.8. The second-order valence-electron chi connectivity index (χ2n) is 5.73. The Bertz CT molecular complexity index is 198. The SMILES string of the molecule is CN(CCC1CCOCC1)CCC1CCCN1. The lowest BCUT2D eigenvalue weighted by Gasteiger charge is -2.25. The van der Waals surface area contributed by atoms with Crippen molar-refractivity contribution in [2.75, 3.05) is 39.9 Å². The highest BCUT2D eigenvalue weighted by Gasteiger charge is 2.16. The smallest absolute Gasteiger partial charge is 0.0468 e. The van der Waals surface area contributed by atoms with Crippen LogP contribution in [0.4, 0.5) is 0 Å². The molecule has 1 unspecified atom stereocenters. The topological polar surface area (TPSA) is 24.5 Å². The summed E-state index contributed by atoms with van der Waals surface area (Å²) >= 11 is 0. The van der Waals surface area contributed by atoms with Crippen molar-refractivity contribution in [1.82, 2.24) is 10.2 Å². The molecule has 2 fully saturated rings. The van der Waals surface area contributed by atoms with Crippen LogP contribution in [0.15, 0.2) is 0 Å². The van der Waals surface area contributed by atoms with Gasteiger partial charge in [0.2, 0.25) is 0 Å². The molecule has 0 aromatic carbocycles. The Hall–Kier alpha value is -0.120. The number of rotatable bonds is 6. The fourth-order valence-corrected chi connectivity index (χ4v) is 2.93. The molecule has 1 N–H and O–H groups in total. The predicted octanol–water partition coefficient (Wildman–Crippen LogP) is 1.88. The molecule has 0 saturated carbocycles. The summed E-state index contributed by atoms with van der Waals surface area (Å²) in [6.45, 7) is 5.72. The molecule has 0 aliphatic carbocycles. The lowest BCUT2D eigenvalue weighted by Crippen LogP contribution is -2.30. The molecule has 2 rings (SSSR count). The minimum absolute atomic E-state index is 0.792. The average molecular weight is 240 g/mol. The lowest BCUT2D eigenvalue weighted by molar-refractivity contribution is 0.0609. The first-order chi connectivity index (χ1) is 8.34. The zero-order chi connectivity index (χ0) is 11.9. The van der Waals surface area contributed by atoms with Crippen molar-refractivity contribution in [2.45, 2.75) is 44.6 Å². The molecule has 2 aliphatic rings. The molecule has 0 radical (unpaired) electrons. The summed E-state index contributed by atoms with van der Waals surface area (Å²) in [6.07, 6.45) is 7.99. The van der Waals surface area contributed by atoms with Crippen molar-refractivity contribution in [3.05, 3.63) is 0 Å². The molecule has 2 heterocycles. The van der Waals surface area contributed by atoms with E-state index in [1.54, 1.807) is 0 Å². The highest BCUT2D eigenvalue weighted by molar-refractivity contribution is 4.75. The van der Waals surface area contributed by atoms with Gasteiger partial charge >= 0.3 is 0 Å². The van der Waals surface area contributed by atoms with E-state index in [1.165, 1.54) is 58.2 Å². The zero-order valence-electron chi connectivity index (χ0n) is 11.3. The van der Waals surface area contributed by atoms with Gasteiger partial charge in [-0.25, -0.2) is 0 Å². The van der Waals surface area contributed by atoms with Gasteiger partial charge in [0.15, 0.2) is 0 Å². The third-order valence-electron chi connectivity index (χ3n) is 4.28. The largest absolute Gasteiger partial charge is 0.381 e. The van der Waals surface area contributed by atoms with E-state index in [9.17, 15) is 0 Å². The Morgan fingerprint density at radius 1 is 1.12 bits per heavy atom. The summed E-state index contributed by atoms with van der Waals surface area (Å²) in [5.41, 5.74) is 0. The van der Waals surface area contributed by atoms with Crippen LogP contribution in [0.5, 0.6) is 0 Å². The van der Waals surface area contributed by atoms with E-state index in [1.807, 2.05) is 0 Å². The second kappa shape index (κ2) is 7.34. The molecule has 2 saturated heterocycles. The third-order valence-corrected chi connectivity index (χ3v) is 4.28. The maximum atomic E-state index is 5.40. The number of nitrogens with one attached hydrogen (secondary N) is 1. The van der Waals surface area contributed by atoms with Gasteiger partial charge in [-0.1, -0.05) is 0 Å². The van der Waals surface area contributed by atoms with Crippen LogP contribution in [0.1, 0.15) is 38.5 Å². The van der Waals surface area contributed by atoms with Gasteiger partial charge in [0.05, 0.1) is 0 Å². The van der Waals surface area contributed by atoms with E-state index in [0.717, 1.165) is 25.2 Å². The average Bonchev–Trinajstić information content (AvgIpc) is 2.88. The number of nitrogens with zero attached hydrogens (tertiary/aromatic N) is 1. The number of hydrogen-bond donors (Lipinski definition) is 1. The fraction of sp³-hybridized carbons (Fsp3) is 1.00. The van der Waals surface area contributed by atoms with Crippen LogP contribution in [0.2, 0.25) is 0 Å². The van der Waals surface area contributed by atoms with Crippen LogP contribution in [0, 0.1) is 5.92 Å². The molecule has 17 heavy (non-hydrogen) atoms. The van der Waals surface area contributed by atoms with Gasteiger partial charge < -0.3 is 15.0 Å². The van der Waals surface area contributed by atoms with Gasteiger partial charge in [-0.15, -0.1) is 0 Å². The Morgan fingerprint density at radius 3 is 2.59 bits per heavy atom. The maximum Gasteiger partial charge on any atom is 0.0468 e. The van der Waals surface area contributed by atoms with Crippen LogP contribution in [-0.2, 0) is 4.74 Å². The maximum absolute atomic E-state index is 5.40. The third kappa shape index (κ3) is 4.94. The first kappa shape index (κ1) is 13.3. The minimum atomic E-state index is 0.792.